The van der Waals surface area contributed by atoms with Crippen molar-refractivity contribution in [3.63, 3.8) is 0 Å². The molecule has 0 heterocycles. The number of hydrogen-bond acceptors (Lipinski definition) is 1. The molecule has 3 heteroatoms. The molecule has 14 heavy (non-hydrogen) atoms. The Kier molecular flexibility index (Phi) is 2.33. The van der Waals surface area contributed by atoms with E-state index in [0.717, 1.165) is 30.0 Å². The first-order chi connectivity index (χ1) is 6.66. The van der Waals surface area contributed by atoms with Crippen molar-refractivity contribution in [1.29, 1.82) is 0 Å². The average molecular weight is 195 g/mol. The predicted molar refractivity (Wildman–Crippen MR) is 51.5 cm³/mol. The third-order valence-electron chi connectivity index (χ3n) is 2.45. The fraction of sp³-hybridized carbons (Fsp3) is 0.273. The molecule has 1 atom stereocenters. The molecule has 1 unspecified atom stereocenters. The first kappa shape index (κ1) is 9.34. The SMILES string of the molecule is NC1C=C(c2ccc(F)c(F)c2)CC1. The van der Waals surface area contributed by atoms with Gasteiger partial charge in [0.05, 0.1) is 0 Å². The minimum Gasteiger partial charge on any atom is -0.324 e. The largest absolute Gasteiger partial charge is 0.324 e. The third-order valence-corrected chi connectivity index (χ3v) is 2.45. The molecule has 2 N–H and O–H groups in total. The third kappa shape index (κ3) is 1.68. The van der Waals surface area contributed by atoms with Crippen molar-refractivity contribution in [3.8, 4) is 0 Å². The van der Waals surface area contributed by atoms with Crippen LogP contribution in [0.1, 0.15) is 18.4 Å². The number of benzene rings is 1. The van der Waals surface area contributed by atoms with Gasteiger partial charge in [0.15, 0.2) is 11.6 Å². The molecule has 1 aromatic rings. The lowest BCUT2D eigenvalue weighted by atomic mass is 10.1. The second kappa shape index (κ2) is 3.50. The summed E-state index contributed by atoms with van der Waals surface area (Å²) in [4.78, 5) is 0. The molecule has 0 aliphatic heterocycles. The van der Waals surface area contributed by atoms with Crippen LogP contribution < -0.4 is 5.73 Å². The van der Waals surface area contributed by atoms with Gasteiger partial charge in [0.1, 0.15) is 0 Å². The molecule has 1 aliphatic carbocycles. The monoisotopic (exact) mass is 195 g/mol. The first-order valence-corrected chi connectivity index (χ1v) is 4.58. The summed E-state index contributed by atoms with van der Waals surface area (Å²) in [5, 5.41) is 0. The Balaban J connectivity index is 2.34. The van der Waals surface area contributed by atoms with Gasteiger partial charge in [-0.15, -0.1) is 0 Å². The van der Waals surface area contributed by atoms with E-state index in [4.69, 9.17) is 5.73 Å². The highest BCUT2D eigenvalue weighted by Gasteiger charge is 2.14. The van der Waals surface area contributed by atoms with E-state index in [9.17, 15) is 8.78 Å². The lowest BCUT2D eigenvalue weighted by Crippen LogP contribution is -2.11. The fourth-order valence-corrected chi connectivity index (χ4v) is 1.68. The maximum atomic E-state index is 12.9. The van der Waals surface area contributed by atoms with Crippen LogP contribution in [0.25, 0.3) is 5.57 Å². The zero-order valence-electron chi connectivity index (χ0n) is 7.63. The molecule has 1 aliphatic rings. The van der Waals surface area contributed by atoms with Crippen LogP contribution in [0.4, 0.5) is 8.78 Å². The molecule has 0 bridgehead atoms. The van der Waals surface area contributed by atoms with E-state index in [1.807, 2.05) is 6.08 Å². The molecule has 0 saturated heterocycles. The second-order valence-electron chi connectivity index (χ2n) is 3.52. The summed E-state index contributed by atoms with van der Waals surface area (Å²) in [7, 11) is 0. The molecule has 0 saturated carbocycles. The van der Waals surface area contributed by atoms with Crippen molar-refractivity contribution in [1.82, 2.24) is 0 Å². The average Bonchev–Trinajstić information content (AvgIpc) is 2.57. The maximum Gasteiger partial charge on any atom is 0.159 e. The molecule has 0 fully saturated rings. The maximum absolute atomic E-state index is 12.9. The van der Waals surface area contributed by atoms with E-state index in [2.05, 4.69) is 0 Å². The number of nitrogens with two attached hydrogens (primary N) is 1. The Hall–Kier alpha value is -1.22. The van der Waals surface area contributed by atoms with Gasteiger partial charge in [0, 0.05) is 6.04 Å². The zero-order valence-corrected chi connectivity index (χ0v) is 7.63. The van der Waals surface area contributed by atoms with E-state index in [0.29, 0.717) is 0 Å². The Morgan fingerprint density at radius 3 is 2.57 bits per heavy atom. The van der Waals surface area contributed by atoms with Crippen molar-refractivity contribution >= 4 is 5.57 Å². The van der Waals surface area contributed by atoms with E-state index in [1.54, 1.807) is 6.07 Å². The Morgan fingerprint density at radius 1 is 1.21 bits per heavy atom. The molecular formula is C11H11F2N. The minimum absolute atomic E-state index is 0.0538. The van der Waals surface area contributed by atoms with Crippen molar-refractivity contribution < 1.29 is 8.78 Å². The van der Waals surface area contributed by atoms with Crippen molar-refractivity contribution in [2.24, 2.45) is 5.73 Å². The molecule has 1 aromatic carbocycles. The number of hydrogen-bond donors (Lipinski definition) is 1. The first-order valence-electron chi connectivity index (χ1n) is 4.58. The quantitative estimate of drug-likeness (QED) is 0.731. The Morgan fingerprint density at radius 2 is 2.00 bits per heavy atom. The van der Waals surface area contributed by atoms with Crippen molar-refractivity contribution in [2.45, 2.75) is 18.9 Å². The summed E-state index contributed by atoms with van der Waals surface area (Å²) in [5.41, 5.74) is 7.43. The minimum atomic E-state index is -0.809. The van der Waals surface area contributed by atoms with Crippen LogP contribution in [0, 0.1) is 11.6 Å². The van der Waals surface area contributed by atoms with Crippen LogP contribution in [-0.4, -0.2) is 6.04 Å². The van der Waals surface area contributed by atoms with Crippen LogP contribution in [0.15, 0.2) is 24.3 Å². The highest BCUT2D eigenvalue weighted by atomic mass is 19.2. The molecule has 74 valence electrons. The highest BCUT2D eigenvalue weighted by molar-refractivity contribution is 5.68. The molecule has 0 spiro atoms. The lowest BCUT2D eigenvalue weighted by molar-refractivity contribution is 0.508. The summed E-state index contributed by atoms with van der Waals surface area (Å²) in [5.74, 6) is -1.61. The summed E-state index contributed by atoms with van der Waals surface area (Å²) < 4.78 is 25.5. The summed E-state index contributed by atoms with van der Waals surface area (Å²) in [6.07, 6.45) is 3.63. The fourth-order valence-electron chi connectivity index (χ4n) is 1.68. The van der Waals surface area contributed by atoms with Crippen LogP contribution in [0.5, 0.6) is 0 Å². The summed E-state index contributed by atoms with van der Waals surface area (Å²) in [6, 6.07) is 4.01. The van der Waals surface area contributed by atoms with E-state index in [1.165, 1.54) is 6.07 Å². The van der Waals surface area contributed by atoms with Crippen LogP contribution >= 0.6 is 0 Å². The van der Waals surface area contributed by atoms with Gasteiger partial charge in [-0.3, -0.25) is 0 Å². The summed E-state index contributed by atoms with van der Waals surface area (Å²) in [6.45, 7) is 0. The van der Waals surface area contributed by atoms with Gasteiger partial charge in [-0.05, 0) is 36.1 Å². The van der Waals surface area contributed by atoms with Crippen LogP contribution in [0.3, 0.4) is 0 Å². The van der Waals surface area contributed by atoms with E-state index in [-0.39, 0.29) is 6.04 Å². The molecular weight excluding hydrogens is 184 g/mol. The second-order valence-corrected chi connectivity index (χ2v) is 3.52. The Bertz CT molecular complexity index is 385. The van der Waals surface area contributed by atoms with E-state index >= 15 is 0 Å². The lowest BCUT2D eigenvalue weighted by Gasteiger charge is -2.01. The number of rotatable bonds is 1. The van der Waals surface area contributed by atoms with Crippen LogP contribution in [-0.2, 0) is 0 Å². The van der Waals surface area contributed by atoms with Crippen molar-refractivity contribution in [3.05, 3.63) is 41.5 Å². The standard InChI is InChI=1S/C11H11F2N/c12-10-4-2-8(6-11(10)13)7-1-3-9(14)5-7/h2,4-6,9H,1,3,14H2. The molecule has 0 amide bonds. The number of allylic oxidation sites excluding steroid dienone is 1. The molecule has 0 radical (unpaired) electrons. The van der Waals surface area contributed by atoms with Crippen molar-refractivity contribution in [2.75, 3.05) is 0 Å². The van der Waals surface area contributed by atoms with Gasteiger partial charge >= 0.3 is 0 Å². The van der Waals surface area contributed by atoms with E-state index < -0.39 is 11.6 Å². The Labute approximate surface area is 81.2 Å². The van der Waals surface area contributed by atoms with Crippen LogP contribution in [0.2, 0.25) is 0 Å². The normalized spacial score (nSPS) is 21.1. The smallest absolute Gasteiger partial charge is 0.159 e. The molecule has 1 nitrogen and oxygen atoms in total. The number of halogens is 2. The predicted octanol–water partition coefficient (Wildman–Crippen LogP) is 2.47. The summed E-state index contributed by atoms with van der Waals surface area (Å²) >= 11 is 0. The molecule has 2 rings (SSSR count). The van der Waals surface area contributed by atoms with Gasteiger partial charge in [0.2, 0.25) is 0 Å². The van der Waals surface area contributed by atoms with Gasteiger partial charge in [-0.2, -0.15) is 0 Å². The van der Waals surface area contributed by atoms with Gasteiger partial charge in [0.25, 0.3) is 0 Å². The van der Waals surface area contributed by atoms with Gasteiger partial charge in [-0.25, -0.2) is 8.78 Å². The zero-order chi connectivity index (χ0) is 10.1. The highest BCUT2D eigenvalue weighted by Crippen LogP contribution is 2.27. The molecule has 0 aromatic heterocycles. The van der Waals surface area contributed by atoms with Gasteiger partial charge < -0.3 is 5.73 Å². The topological polar surface area (TPSA) is 26.0 Å². The van der Waals surface area contributed by atoms with Gasteiger partial charge in [-0.1, -0.05) is 12.1 Å².